The molecule has 2 aromatic rings. The van der Waals surface area contributed by atoms with Gasteiger partial charge in [-0.25, -0.2) is 0 Å². The summed E-state index contributed by atoms with van der Waals surface area (Å²) in [6.45, 7) is 2.09. The molecule has 0 aliphatic heterocycles. The van der Waals surface area contributed by atoms with E-state index in [1.54, 1.807) is 30.3 Å². The molecule has 0 bridgehead atoms. The normalized spacial score (nSPS) is 12.5. The van der Waals surface area contributed by atoms with Crippen LogP contribution in [0.5, 0.6) is 5.75 Å². The van der Waals surface area contributed by atoms with Crippen molar-refractivity contribution >= 4 is 17.7 Å². The molecule has 0 heterocycles. The summed E-state index contributed by atoms with van der Waals surface area (Å²) in [5.41, 5.74) is 3.47. The molecule has 0 saturated carbocycles. The quantitative estimate of drug-likeness (QED) is 0.356. The van der Waals surface area contributed by atoms with Crippen LogP contribution in [0.25, 0.3) is 0 Å². The van der Waals surface area contributed by atoms with E-state index in [-0.39, 0.29) is 18.9 Å². The Balaban J connectivity index is 1.41. The van der Waals surface area contributed by atoms with Crippen LogP contribution in [0.1, 0.15) is 64.4 Å². The molecular weight excluding hydrogens is 394 g/mol. The molecule has 31 heavy (non-hydrogen) atoms. The Bertz CT molecular complexity index is 920. The van der Waals surface area contributed by atoms with Crippen molar-refractivity contribution < 1.29 is 23.9 Å². The molecule has 0 aromatic heterocycles. The van der Waals surface area contributed by atoms with Crippen LogP contribution in [0, 0.1) is 0 Å². The fourth-order valence-electron chi connectivity index (χ4n) is 3.48. The molecule has 1 aliphatic rings. The first-order chi connectivity index (χ1) is 15.1. The Morgan fingerprint density at radius 1 is 0.935 bits per heavy atom. The van der Waals surface area contributed by atoms with Crippen molar-refractivity contribution in [3.05, 3.63) is 64.7 Å². The third-order valence-electron chi connectivity index (χ3n) is 5.31. The number of hydrogen-bond acceptors (Lipinski definition) is 5. The lowest BCUT2D eigenvalue weighted by atomic mass is 9.90. The number of benzene rings is 2. The second-order valence-corrected chi connectivity index (χ2v) is 7.68. The van der Waals surface area contributed by atoms with E-state index in [9.17, 15) is 14.4 Å². The molecule has 2 aromatic carbocycles. The number of esters is 1. The molecule has 164 valence electrons. The van der Waals surface area contributed by atoms with Crippen LogP contribution < -0.4 is 10.1 Å². The fourth-order valence-corrected chi connectivity index (χ4v) is 3.48. The van der Waals surface area contributed by atoms with E-state index in [1.165, 1.54) is 17.5 Å². The molecule has 0 fully saturated rings. The lowest BCUT2D eigenvalue weighted by Crippen LogP contribution is -2.31. The first-order valence-electron chi connectivity index (χ1n) is 10.9. The minimum Gasteiger partial charge on any atom is -0.494 e. The molecule has 0 radical (unpaired) electrons. The van der Waals surface area contributed by atoms with E-state index >= 15 is 0 Å². The second-order valence-electron chi connectivity index (χ2n) is 7.68. The monoisotopic (exact) mass is 423 g/mol. The number of hydrogen-bond donors (Lipinski definition) is 1. The molecule has 0 saturated heterocycles. The summed E-state index contributed by atoms with van der Waals surface area (Å²) in [4.78, 5) is 36.5. The number of fused-ring (bicyclic) bond motifs is 1. The number of carbonyl (C=O) groups excluding carboxylic acids is 3. The average molecular weight is 424 g/mol. The first kappa shape index (κ1) is 22.5. The molecule has 1 amide bonds. The number of aryl methyl sites for hydroxylation is 2. The van der Waals surface area contributed by atoms with Crippen LogP contribution in [0.4, 0.5) is 0 Å². The zero-order chi connectivity index (χ0) is 22.1. The van der Waals surface area contributed by atoms with E-state index in [0.717, 1.165) is 32.1 Å². The number of ketones is 1. The van der Waals surface area contributed by atoms with E-state index in [0.29, 0.717) is 23.5 Å². The van der Waals surface area contributed by atoms with Gasteiger partial charge in [-0.05, 0) is 73.6 Å². The van der Waals surface area contributed by atoms with Gasteiger partial charge >= 0.3 is 5.97 Å². The van der Waals surface area contributed by atoms with Gasteiger partial charge in [0.1, 0.15) is 12.3 Å². The highest BCUT2D eigenvalue weighted by Crippen LogP contribution is 2.22. The number of nitrogens with one attached hydrogen (secondary N) is 1. The Labute approximate surface area is 182 Å². The second kappa shape index (κ2) is 11.3. The van der Waals surface area contributed by atoms with Crippen LogP contribution in [0.15, 0.2) is 42.5 Å². The summed E-state index contributed by atoms with van der Waals surface area (Å²) in [5, 5.41) is 2.51. The zero-order valence-corrected chi connectivity index (χ0v) is 17.9. The van der Waals surface area contributed by atoms with E-state index in [1.807, 2.05) is 12.1 Å². The number of unbranched alkanes of at least 4 members (excludes halogenated alkanes) is 1. The minimum absolute atomic E-state index is 0.244. The predicted molar refractivity (Wildman–Crippen MR) is 118 cm³/mol. The van der Waals surface area contributed by atoms with Crippen LogP contribution in [0.2, 0.25) is 0 Å². The zero-order valence-electron chi connectivity index (χ0n) is 17.9. The summed E-state index contributed by atoms with van der Waals surface area (Å²) in [5.74, 6) is -0.589. The van der Waals surface area contributed by atoms with Crippen molar-refractivity contribution in [3.8, 4) is 5.75 Å². The van der Waals surface area contributed by atoms with Gasteiger partial charge in [-0.1, -0.05) is 25.5 Å². The lowest BCUT2D eigenvalue weighted by molar-refractivity contribution is -0.141. The van der Waals surface area contributed by atoms with E-state index < -0.39 is 11.9 Å². The molecule has 0 atom stereocenters. The Morgan fingerprint density at radius 3 is 2.39 bits per heavy atom. The molecule has 3 rings (SSSR count). The van der Waals surface area contributed by atoms with Crippen molar-refractivity contribution in [2.24, 2.45) is 0 Å². The van der Waals surface area contributed by atoms with Gasteiger partial charge in [-0.3, -0.25) is 14.4 Å². The highest BCUT2D eigenvalue weighted by Gasteiger charge is 2.15. The first-order valence-corrected chi connectivity index (χ1v) is 10.9. The van der Waals surface area contributed by atoms with E-state index in [2.05, 4.69) is 12.2 Å². The number of amides is 1. The Morgan fingerprint density at radius 2 is 1.65 bits per heavy atom. The number of ether oxygens (including phenoxy) is 2. The molecule has 6 heteroatoms. The van der Waals surface area contributed by atoms with Crippen LogP contribution >= 0.6 is 0 Å². The summed E-state index contributed by atoms with van der Waals surface area (Å²) in [7, 11) is 0. The van der Waals surface area contributed by atoms with Crippen molar-refractivity contribution in [3.63, 3.8) is 0 Å². The van der Waals surface area contributed by atoms with Crippen molar-refractivity contribution in [1.82, 2.24) is 5.32 Å². The molecule has 1 N–H and O–H groups in total. The summed E-state index contributed by atoms with van der Waals surface area (Å²) in [6.07, 6.45) is 6.37. The Kier molecular flexibility index (Phi) is 8.21. The van der Waals surface area contributed by atoms with Gasteiger partial charge in [-0.15, -0.1) is 0 Å². The van der Waals surface area contributed by atoms with Gasteiger partial charge < -0.3 is 14.8 Å². The average Bonchev–Trinajstić information content (AvgIpc) is 2.81. The van der Waals surface area contributed by atoms with E-state index in [4.69, 9.17) is 9.47 Å². The smallest absolute Gasteiger partial charge is 0.325 e. The topological polar surface area (TPSA) is 81.7 Å². The SMILES string of the molecule is CCCCOc1ccc(C(=O)NCC(=O)OCC(=O)c2ccc3c(c2)CCCC3)cc1. The molecule has 0 spiro atoms. The van der Waals surface area contributed by atoms with Crippen LogP contribution in [-0.2, 0) is 22.4 Å². The van der Waals surface area contributed by atoms with Crippen LogP contribution in [0.3, 0.4) is 0 Å². The predicted octanol–water partition coefficient (Wildman–Crippen LogP) is 3.90. The minimum atomic E-state index is -0.654. The standard InChI is InChI=1S/C25H29NO5/c1-2-3-14-30-22-12-10-19(11-13-22)25(29)26-16-24(28)31-17-23(27)21-9-8-18-6-4-5-7-20(18)15-21/h8-13,15H,2-7,14,16-17H2,1H3,(H,26,29). The van der Waals surface area contributed by atoms with Crippen LogP contribution in [-0.4, -0.2) is 37.4 Å². The third-order valence-corrected chi connectivity index (χ3v) is 5.31. The number of Topliss-reactive ketones (excluding diaryl/α,β-unsaturated/α-hetero) is 1. The van der Waals surface area contributed by atoms with Gasteiger partial charge in [0.15, 0.2) is 12.4 Å². The van der Waals surface area contributed by atoms with Crippen molar-refractivity contribution in [1.29, 1.82) is 0 Å². The van der Waals surface area contributed by atoms with Crippen molar-refractivity contribution in [2.75, 3.05) is 19.8 Å². The summed E-state index contributed by atoms with van der Waals surface area (Å²) in [6, 6.07) is 12.4. The fraction of sp³-hybridized carbons (Fsp3) is 0.400. The molecule has 0 unspecified atom stereocenters. The maximum absolute atomic E-state index is 12.3. The highest BCUT2D eigenvalue weighted by molar-refractivity contribution is 5.99. The van der Waals surface area contributed by atoms with Gasteiger partial charge in [-0.2, -0.15) is 0 Å². The van der Waals surface area contributed by atoms with Gasteiger partial charge in [0.25, 0.3) is 5.91 Å². The van der Waals surface area contributed by atoms with Crippen molar-refractivity contribution in [2.45, 2.75) is 45.4 Å². The van der Waals surface area contributed by atoms with Gasteiger partial charge in [0.05, 0.1) is 6.61 Å². The summed E-state index contributed by atoms with van der Waals surface area (Å²) >= 11 is 0. The molecular formula is C25H29NO5. The molecule has 6 nitrogen and oxygen atoms in total. The maximum atomic E-state index is 12.3. The van der Waals surface area contributed by atoms with Gasteiger partial charge in [0, 0.05) is 11.1 Å². The maximum Gasteiger partial charge on any atom is 0.325 e. The van der Waals surface area contributed by atoms with Gasteiger partial charge in [0.2, 0.25) is 0 Å². The Hall–Kier alpha value is -3.15. The molecule has 1 aliphatic carbocycles. The number of carbonyl (C=O) groups is 3. The highest BCUT2D eigenvalue weighted by atomic mass is 16.5. The third kappa shape index (κ3) is 6.67. The lowest BCUT2D eigenvalue weighted by Gasteiger charge is -2.16. The largest absolute Gasteiger partial charge is 0.494 e. The number of rotatable bonds is 10. The summed E-state index contributed by atoms with van der Waals surface area (Å²) < 4.78 is 10.6.